The molecule has 0 aliphatic carbocycles. The average molecular weight is 231 g/mol. The monoisotopic (exact) mass is 231 g/mol. The molecule has 0 heterocycles. The number of hydrogen-bond acceptors (Lipinski definition) is 1. The lowest BCUT2D eigenvalue weighted by molar-refractivity contribution is -0.197. The van der Waals surface area contributed by atoms with Crippen LogP contribution < -0.4 is 5.32 Å². The van der Waals surface area contributed by atoms with Crippen molar-refractivity contribution >= 4 is 0 Å². The van der Waals surface area contributed by atoms with Gasteiger partial charge in [0, 0.05) is 6.04 Å². The maximum Gasteiger partial charge on any atom is 0.410 e. The second-order valence-electron chi connectivity index (χ2n) is 4.29. The molecule has 0 aliphatic heterocycles. The largest absolute Gasteiger partial charge is 0.410 e. The first-order valence-corrected chi connectivity index (χ1v) is 5.17. The van der Waals surface area contributed by atoms with Crippen molar-refractivity contribution in [2.24, 2.45) is 0 Å². The summed E-state index contributed by atoms with van der Waals surface area (Å²) >= 11 is 0. The molecule has 0 saturated carbocycles. The van der Waals surface area contributed by atoms with Crippen molar-refractivity contribution in [3.63, 3.8) is 0 Å². The summed E-state index contributed by atoms with van der Waals surface area (Å²) in [5, 5.41) is 2.59. The molecule has 0 aromatic heterocycles. The maximum absolute atomic E-state index is 13.1. The summed E-state index contributed by atoms with van der Waals surface area (Å²) < 4.78 is 39.3. The van der Waals surface area contributed by atoms with E-state index >= 15 is 0 Å². The summed E-state index contributed by atoms with van der Waals surface area (Å²) in [4.78, 5) is 0. The van der Waals surface area contributed by atoms with Crippen LogP contribution >= 0.6 is 0 Å². The first kappa shape index (κ1) is 13.0. The Labute approximate surface area is 93.7 Å². The number of alkyl halides is 3. The molecule has 0 fully saturated rings. The topological polar surface area (TPSA) is 12.0 Å². The Balaban J connectivity index is 3.16. The van der Waals surface area contributed by atoms with E-state index in [4.69, 9.17) is 0 Å². The molecule has 0 amide bonds. The first-order valence-electron chi connectivity index (χ1n) is 5.17. The standard InChI is InChI=1S/C12H16F3N/c1-9(2)16-11(3,12(13,14)15)10-7-5-4-6-8-10/h4-9,16H,1-3H3. The number of nitrogens with one attached hydrogen (secondary N) is 1. The van der Waals surface area contributed by atoms with Gasteiger partial charge in [-0.3, -0.25) is 5.32 Å². The highest BCUT2D eigenvalue weighted by Crippen LogP contribution is 2.38. The molecule has 1 nitrogen and oxygen atoms in total. The van der Waals surface area contributed by atoms with E-state index in [1.807, 2.05) is 0 Å². The van der Waals surface area contributed by atoms with Gasteiger partial charge in [0.25, 0.3) is 0 Å². The molecular formula is C12H16F3N. The highest BCUT2D eigenvalue weighted by Gasteiger charge is 2.52. The lowest BCUT2D eigenvalue weighted by atomic mass is 9.90. The summed E-state index contributed by atoms with van der Waals surface area (Å²) in [6.07, 6.45) is -4.32. The third kappa shape index (κ3) is 2.55. The third-order valence-corrected chi connectivity index (χ3v) is 2.50. The maximum atomic E-state index is 13.1. The van der Waals surface area contributed by atoms with Gasteiger partial charge in [0.15, 0.2) is 0 Å². The zero-order chi connectivity index (χ0) is 12.4. The van der Waals surface area contributed by atoms with Crippen LogP contribution in [0.15, 0.2) is 30.3 Å². The summed E-state index contributed by atoms with van der Waals surface area (Å²) in [7, 11) is 0. The molecule has 1 aromatic carbocycles. The lowest BCUT2D eigenvalue weighted by Gasteiger charge is -2.35. The highest BCUT2D eigenvalue weighted by atomic mass is 19.4. The number of rotatable bonds is 3. The molecule has 0 aliphatic rings. The van der Waals surface area contributed by atoms with E-state index in [-0.39, 0.29) is 11.6 Å². The van der Waals surface area contributed by atoms with Gasteiger partial charge in [0.1, 0.15) is 5.54 Å². The molecule has 1 aromatic rings. The Morgan fingerprint density at radius 1 is 1.06 bits per heavy atom. The fourth-order valence-corrected chi connectivity index (χ4v) is 1.68. The van der Waals surface area contributed by atoms with Crippen LogP contribution in [-0.4, -0.2) is 12.2 Å². The van der Waals surface area contributed by atoms with Crippen molar-refractivity contribution in [2.45, 2.75) is 38.5 Å². The molecule has 1 N–H and O–H groups in total. The van der Waals surface area contributed by atoms with E-state index in [1.165, 1.54) is 19.1 Å². The van der Waals surface area contributed by atoms with E-state index in [9.17, 15) is 13.2 Å². The predicted molar refractivity (Wildman–Crippen MR) is 58.1 cm³/mol. The van der Waals surface area contributed by atoms with Crippen LogP contribution in [0.5, 0.6) is 0 Å². The average Bonchev–Trinajstić information content (AvgIpc) is 2.16. The third-order valence-electron chi connectivity index (χ3n) is 2.50. The second-order valence-corrected chi connectivity index (χ2v) is 4.29. The zero-order valence-electron chi connectivity index (χ0n) is 9.60. The van der Waals surface area contributed by atoms with Crippen molar-refractivity contribution in [1.29, 1.82) is 0 Å². The van der Waals surface area contributed by atoms with E-state index < -0.39 is 11.7 Å². The second kappa shape index (κ2) is 4.45. The van der Waals surface area contributed by atoms with Crippen LogP contribution in [0.2, 0.25) is 0 Å². The summed E-state index contributed by atoms with van der Waals surface area (Å²) in [6, 6.07) is 7.66. The van der Waals surface area contributed by atoms with Gasteiger partial charge in [0.05, 0.1) is 0 Å². The Hall–Kier alpha value is -1.03. The van der Waals surface area contributed by atoms with Crippen LogP contribution in [-0.2, 0) is 5.54 Å². The quantitative estimate of drug-likeness (QED) is 0.840. The van der Waals surface area contributed by atoms with Gasteiger partial charge in [0.2, 0.25) is 0 Å². The SMILES string of the molecule is CC(C)NC(C)(c1ccccc1)C(F)(F)F. The summed E-state index contributed by atoms with van der Waals surface area (Å²) in [6.45, 7) is 4.57. The molecular weight excluding hydrogens is 215 g/mol. The number of halogens is 3. The fourth-order valence-electron chi connectivity index (χ4n) is 1.68. The Morgan fingerprint density at radius 2 is 1.56 bits per heavy atom. The molecule has 4 heteroatoms. The van der Waals surface area contributed by atoms with E-state index in [1.54, 1.807) is 32.0 Å². The normalized spacial score (nSPS) is 16.2. The van der Waals surface area contributed by atoms with Crippen molar-refractivity contribution in [3.8, 4) is 0 Å². The van der Waals surface area contributed by atoms with Crippen molar-refractivity contribution in [1.82, 2.24) is 5.32 Å². The van der Waals surface area contributed by atoms with Gasteiger partial charge in [-0.15, -0.1) is 0 Å². The molecule has 0 bridgehead atoms. The molecule has 16 heavy (non-hydrogen) atoms. The van der Waals surface area contributed by atoms with E-state index in [0.29, 0.717) is 0 Å². The molecule has 90 valence electrons. The number of hydrogen-bond donors (Lipinski definition) is 1. The van der Waals surface area contributed by atoms with Gasteiger partial charge in [-0.25, -0.2) is 0 Å². The van der Waals surface area contributed by atoms with Crippen LogP contribution in [0.1, 0.15) is 26.3 Å². The Kier molecular flexibility index (Phi) is 3.63. The van der Waals surface area contributed by atoms with Crippen molar-refractivity contribution in [3.05, 3.63) is 35.9 Å². The summed E-state index contributed by atoms with van der Waals surface area (Å²) in [5.74, 6) is 0. The predicted octanol–water partition coefficient (Wildman–Crippen LogP) is 3.46. The molecule has 1 rings (SSSR count). The minimum atomic E-state index is -4.32. The zero-order valence-corrected chi connectivity index (χ0v) is 9.60. The molecule has 0 spiro atoms. The van der Waals surface area contributed by atoms with Crippen molar-refractivity contribution < 1.29 is 13.2 Å². The van der Waals surface area contributed by atoms with Crippen molar-refractivity contribution in [2.75, 3.05) is 0 Å². The molecule has 1 atom stereocenters. The summed E-state index contributed by atoms with van der Waals surface area (Å²) in [5.41, 5.74) is -1.76. The Morgan fingerprint density at radius 3 is 1.94 bits per heavy atom. The van der Waals surface area contributed by atoms with Crippen LogP contribution in [0, 0.1) is 0 Å². The van der Waals surface area contributed by atoms with Gasteiger partial charge in [-0.05, 0) is 26.3 Å². The fraction of sp³-hybridized carbons (Fsp3) is 0.500. The Bertz CT molecular complexity index is 332. The van der Waals surface area contributed by atoms with Crippen LogP contribution in [0.3, 0.4) is 0 Å². The highest BCUT2D eigenvalue weighted by molar-refractivity contribution is 5.25. The molecule has 0 radical (unpaired) electrons. The molecule has 0 saturated heterocycles. The van der Waals surface area contributed by atoms with Gasteiger partial charge < -0.3 is 0 Å². The smallest absolute Gasteiger partial charge is 0.298 e. The van der Waals surface area contributed by atoms with Gasteiger partial charge in [-0.1, -0.05) is 30.3 Å². The lowest BCUT2D eigenvalue weighted by Crippen LogP contribution is -2.54. The number of benzene rings is 1. The van der Waals surface area contributed by atoms with E-state index in [2.05, 4.69) is 5.32 Å². The van der Waals surface area contributed by atoms with E-state index in [0.717, 1.165) is 0 Å². The minimum absolute atomic E-state index is 0.233. The van der Waals surface area contributed by atoms with Crippen LogP contribution in [0.25, 0.3) is 0 Å². The van der Waals surface area contributed by atoms with Gasteiger partial charge >= 0.3 is 6.18 Å². The van der Waals surface area contributed by atoms with Crippen LogP contribution in [0.4, 0.5) is 13.2 Å². The first-order chi connectivity index (χ1) is 7.27. The molecule has 1 unspecified atom stereocenters. The minimum Gasteiger partial charge on any atom is -0.298 e. The van der Waals surface area contributed by atoms with Gasteiger partial charge in [-0.2, -0.15) is 13.2 Å².